The molecule has 29 heavy (non-hydrogen) atoms. The summed E-state index contributed by atoms with van der Waals surface area (Å²) in [7, 11) is 0. The number of hydrogen-bond donors (Lipinski definition) is 1. The monoisotopic (exact) mass is 413 g/mol. The van der Waals surface area contributed by atoms with E-state index in [2.05, 4.69) is 28.4 Å². The Bertz CT molecular complexity index is 744. The number of ether oxygens (including phenoxy) is 1. The lowest BCUT2D eigenvalue weighted by atomic mass is 9.97. The van der Waals surface area contributed by atoms with Gasteiger partial charge in [0, 0.05) is 25.7 Å². The fraction of sp³-hybridized carbons (Fsp3) is 0.565. The molecule has 1 amide bonds. The van der Waals surface area contributed by atoms with Gasteiger partial charge in [-0.3, -0.25) is 4.90 Å². The first kappa shape index (κ1) is 20.2. The van der Waals surface area contributed by atoms with Crippen molar-refractivity contribution in [3.05, 3.63) is 47.5 Å². The molecule has 2 fully saturated rings. The van der Waals surface area contributed by atoms with Gasteiger partial charge in [0.05, 0.1) is 6.04 Å². The van der Waals surface area contributed by atoms with Gasteiger partial charge < -0.3 is 15.0 Å². The first-order chi connectivity index (χ1) is 14.2. The zero-order valence-corrected chi connectivity index (χ0v) is 17.8. The Balaban J connectivity index is 1.26. The molecule has 6 heteroatoms. The number of rotatable bonds is 5. The molecule has 0 aromatic heterocycles. The molecular weight excluding hydrogens is 382 g/mol. The number of hydrogen-bond acceptors (Lipinski definition) is 3. The molecule has 0 unspecified atom stereocenters. The first-order valence-electron chi connectivity index (χ1n) is 10.9. The molecule has 1 aliphatic carbocycles. The third kappa shape index (κ3) is 4.92. The predicted octanol–water partition coefficient (Wildman–Crippen LogP) is 4.41. The van der Waals surface area contributed by atoms with Crippen LogP contribution in [0.25, 0.3) is 0 Å². The number of benzene rings is 1. The smallest absolute Gasteiger partial charge is 0.410 e. The van der Waals surface area contributed by atoms with Gasteiger partial charge in [-0.25, -0.2) is 4.79 Å². The van der Waals surface area contributed by atoms with E-state index in [0.29, 0.717) is 6.61 Å². The third-order valence-electron chi connectivity index (χ3n) is 6.35. The Kier molecular flexibility index (Phi) is 6.70. The SMILES string of the molecule is O=C1OC[C@@H](c2ccccc2)N1C1CCN(C(=S)NCCC2=CCCCC2)CC1. The van der Waals surface area contributed by atoms with Gasteiger partial charge in [0.25, 0.3) is 0 Å². The molecule has 2 saturated heterocycles. The normalized spacial score (nSPS) is 23.0. The highest BCUT2D eigenvalue weighted by Gasteiger charge is 2.40. The van der Waals surface area contributed by atoms with Gasteiger partial charge in [-0.15, -0.1) is 0 Å². The highest BCUT2D eigenvalue weighted by molar-refractivity contribution is 7.80. The first-order valence-corrected chi connectivity index (χ1v) is 11.3. The summed E-state index contributed by atoms with van der Waals surface area (Å²) in [5, 5.41) is 4.29. The Morgan fingerprint density at radius 3 is 2.69 bits per heavy atom. The topological polar surface area (TPSA) is 44.8 Å². The number of carbonyl (C=O) groups excluding carboxylic acids is 1. The number of allylic oxidation sites excluding steroid dienone is 1. The Morgan fingerprint density at radius 1 is 1.17 bits per heavy atom. The summed E-state index contributed by atoms with van der Waals surface area (Å²) in [4.78, 5) is 16.6. The van der Waals surface area contributed by atoms with Crippen LogP contribution in [0.5, 0.6) is 0 Å². The zero-order chi connectivity index (χ0) is 20.1. The quantitative estimate of drug-likeness (QED) is 0.572. The maximum atomic E-state index is 12.4. The molecule has 0 spiro atoms. The van der Waals surface area contributed by atoms with Crippen molar-refractivity contribution in [3.8, 4) is 0 Å². The fourth-order valence-corrected chi connectivity index (χ4v) is 4.97. The maximum absolute atomic E-state index is 12.4. The number of nitrogens with zero attached hydrogens (tertiary/aromatic N) is 2. The van der Waals surface area contributed by atoms with Crippen molar-refractivity contribution in [1.29, 1.82) is 0 Å². The predicted molar refractivity (Wildman–Crippen MR) is 119 cm³/mol. The highest BCUT2D eigenvalue weighted by Crippen LogP contribution is 2.33. The van der Waals surface area contributed by atoms with Gasteiger partial charge in [0.15, 0.2) is 5.11 Å². The standard InChI is InChI=1S/C23H31N3O2S/c27-23-26(21(17-28-23)19-9-5-2-6-10-19)20-12-15-25(16-13-20)22(29)24-14-11-18-7-3-1-4-8-18/h2,5-7,9-10,20-21H,1,3-4,8,11-17H2,(H,24,29)/t21-/m0/s1. The lowest BCUT2D eigenvalue weighted by Crippen LogP contribution is -2.50. The average molecular weight is 414 g/mol. The van der Waals surface area contributed by atoms with Gasteiger partial charge in [-0.05, 0) is 62.7 Å². The van der Waals surface area contributed by atoms with Crippen LogP contribution in [0, 0.1) is 0 Å². The van der Waals surface area contributed by atoms with Gasteiger partial charge >= 0.3 is 6.09 Å². The highest BCUT2D eigenvalue weighted by atomic mass is 32.1. The van der Waals surface area contributed by atoms with Crippen molar-refractivity contribution < 1.29 is 9.53 Å². The number of carbonyl (C=O) groups is 1. The van der Waals surface area contributed by atoms with E-state index in [0.717, 1.165) is 49.6 Å². The summed E-state index contributed by atoms with van der Waals surface area (Å²) in [6.07, 6.45) is 10.3. The van der Waals surface area contributed by atoms with E-state index in [1.54, 1.807) is 5.57 Å². The van der Waals surface area contributed by atoms with Crippen LogP contribution in [-0.4, -0.2) is 53.3 Å². The van der Waals surface area contributed by atoms with Crippen LogP contribution in [0.4, 0.5) is 4.79 Å². The van der Waals surface area contributed by atoms with E-state index in [4.69, 9.17) is 17.0 Å². The molecule has 4 rings (SSSR count). The molecule has 0 saturated carbocycles. The molecule has 0 radical (unpaired) electrons. The molecule has 1 N–H and O–H groups in total. The number of amides is 1. The summed E-state index contributed by atoms with van der Waals surface area (Å²) in [6.45, 7) is 3.12. The van der Waals surface area contributed by atoms with Crippen LogP contribution < -0.4 is 5.32 Å². The summed E-state index contributed by atoms with van der Waals surface area (Å²) in [6, 6.07) is 10.4. The molecule has 3 aliphatic rings. The Labute approximate surface area is 179 Å². The van der Waals surface area contributed by atoms with Crippen molar-refractivity contribution in [2.24, 2.45) is 0 Å². The Hall–Kier alpha value is -2.08. The second-order valence-electron chi connectivity index (χ2n) is 8.22. The molecule has 1 aromatic rings. The lowest BCUT2D eigenvalue weighted by molar-refractivity contribution is 0.123. The number of cyclic esters (lactones) is 1. The number of thiocarbonyl (C=S) groups is 1. The average Bonchev–Trinajstić information content (AvgIpc) is 3.16. The van der Waals surface area contributed by atoms with E-state index in [-0.39, 0.29) is 18.2 Å². The lowest BCUT2D eigenvalue weighted by Gasteiger charge is -2.39. The fourth-order valence-electron chi connectivity index (χ4n) is 4.69. The van der Waals surface area contributed by atoms with E-state index >= 15 is 0 Å². The molecule has 1 aromatic carbocycles. The summed E-state index contributed by atoms with van der Waals surface area (Å²) in [5.74, 6) is 0. The van der Waals surface area contributed by atoms with E-state index < -0.39 is 0 Å². The minimum atomic E-state index is -0.182. The molecule has 156 valence electrons. The van der Waals surface area contributed by atoms with Crippen LogP contribution in [0.2, 0.25) is 0 Å². The second-order valence-corrected chi connectivity index (χ2v) is 8.61. The molecule has 1 atom stereocenters. The van der Waals surface area contributed by atoms with Crippen LogP contribution in [-0.2, 0) is 4.74 Å². The van der Waals surface area contributed by atoms with E-state index in [1.165, 1.54) is 25.7 Å². The number of likely N-dealkylation sites (tertiary alicyclic amines) is 1. The van der Waals surface area contributed by atoms with E-state index in [1.807, 2.05) is 23.1 Å². The van der Waals surface area contributed by atoms with Gasteiger partial charge in [-0.2, -0.15) is 0 Å². The molecule has 0 bridgehead atoms. The number of piperidine rings is 1. The van der Waals surface area contributed by atoms with E-state index in [9.17, 15) is 4.79 Å². The minimum Gasteiger partial charge on any atom is -0.447 e. The summed E-state index contributed by atoms with van der Waals surface area (Å²) >= 11 is 5.63. The van der Waals surface area contributed by atoms with Gasteiger partial charge in [0.1, 0.15) is 6.61 Å². The van der Waals surface area contributed by atoms with Crippen LogP contribution >= 0.6 is 12.2 Å². The second kappa shape index (κ2) is 9.61. The molecule has 2 aliphatic heterocycles. The molecule has 5 nitrogen and oxygen atoms in total. The maximum Gasteiger partial charge on any atom is 0.410 e. The van der Waals surface area contributed by atoms with Gasteiger partial charge in [-0.1, -0.05) is 42.0 Å². The Morgan fingerprint density at radius 2 is 1.97 bits per heavy atom. The minimum absolute atomic E-state index is 0.0223. The van der Waals surface area contributed by atoms with Crippen molar-refractivity contribution >= 4 is 23.4 Å². The molecular formula is C23H31N3O2S. The number of nitrogens with one attached hydrogen (secondary N) is 1. The van der Waals surface area contributed by atoms with Crippen LogP contribution in [0.3, 0.4) is 0 Å². The zero-order valence-electron chi connectivity index (χ0n) is 17.0. The van der Waals surface area contributed by atoms with Crippen LogP contribution in [0.1, 0.15) is 56.6 Å². The van der Waals surface area contributed by atoms with Crippen molar-refractivity contribution in [2.45, 2.75) is 57.0 Å². The summed E-state index contributed by atoms with van der Waals surface area (Å²) in [5.41, 5.74) is 2.72. The van der Waals surface area contributed by atoms with Crippen LogP contribution in [0.15, 0.2) is 42.0 Å². The van der Waals surface area contributed by atoms with Gasteiger partial charge in [0.2, 0.25) is 0 Å². The van der Waals surface area contributed by atoms with Crippen molar-refractivity contribution in [2.75, 3.05) is 26.2 Å². The van der Waals surface area contributed by atoms with Crippen molar-refractivity contribution in [1.82, 2.24) is 15.1 Å². The molecule has 2 heterocycles. The third-order valence-corrected chi connectivity index (χ3v) is 6.75. The summed E-state index contributed by atoms with van der Waals surface area (Å²) < 4.78 is 5.40. The largest absolute Gasteiger partial charge is 0.447 e. The van der Waals surface area contributed by atoms with Crippen molar-refractivity contribution in [3.63, 3.8) is 0 Å².